The second-order valence-corrected chi connectivity index (χ2v) is 5.45. The third-order valence-corrected chi connectivity index (χ3v) is 4.28. The van der Waals surface area contributed by atoms with E-state index in [-0.39, 0.29) is 11.3 Å². The Hall–Kier alpha value is -0.730. The molecule has 1 aliphatic rings. The van der Waals surface area contributed by atoms with Crippen molar-refractivity contribution >= 4 is 29.1 Å². The predicted octanol–water partition coefficient (Wildman–Crippen LogP) is 3.40. The van der Waals surface area contributed by atoms with Crippen LogP contribution in [0.4, 0.5) is 0 Å². The molecule has 17 heavy (non-hydrogen) atoms. The van der Waals surface area contributed by atoms with Crippen LogP contribution >= 0.6 is 23.2 Å². The molecule has 0 bridgehead atoms. The lowest BCUT2D eigenvalue weighted by Gasteiger charge is -2.12. The molecule has 0 aromatic heterocycles. The molecule has 1 fully saturated rings. The molecule has 0 spiro atoms. The Labute approximate surface area is 111 Å². The van der Waals surface area contributed by atoms with Crippen molar-refractivity contribution in [1.29, 1.82) is 0 Å². The summed E-state index contributed by atoms with van der Waals surface area (Å²) < 4.78 is 0. The Morgan fingerprint density at radius 1 is 1.47 bits per heavy atom. The standard InChI is InChI=1S/C13H15Cl2NO/c1-9-6-10(2-3-11(9)15)12(17)16-8-13(7-14)4-5-13/h2-3,6H,4-5,7-8H2,1H3,(H,16,17). The fourth-order valence-electron chi connectivity index (χ4n) is 1.69. The van der Waals surface area contributed by atoms with Gasteiger partial charge < -0.3 is 5.32 Å². The molecule has 1 aliphatic carbocycles. The van der Waals surface area contributed by atoms with Gasteiger partial charge in [-0.05, 0) is 43.5 Å². The number of aryl methyl sites for hydroxylation is 1. The summed E-state index contributed by atoms with van der Waals surface area (Å²) in [7, 11) is 0. The van der Waals surface area contributed by atoms with E-state index in [4.69, 9.17) is 23.2 Å². The van der Waals surface area contributed by atoms with E-state index < -0.39 is 0 Å². The summed E-state index contributed by atoms with van der Waals surface area (Å²) in [5.41, 5.74) is 1.72. The maximum absolute atomic E-state index is 11.9. The summed E-state index contributed by atoms with van der Waals surface area (Å²) in [5.74, 6) is 0.563. The van der Waals surface area contributed by atoms with E-state index in [0.717, 1.165) is 18.4 Å². The highest BCUT2D eigenvalue weighted by molar-refractivity contribution is 6.31. The summed E-state index contributed by atoms with van der Waals surface area (Å²) in [6.07, 6.45) is 2.22. The van der Waals surface area contributed by atoms with Crippen molar-refractivity contribution in [3.8, 4) is 0 Å². The van der Waals surface area contributed by atoms with E-state index in [1.54, 1.807) is 18.2 Å². The van der Waals surface area contributed by atoms with E-state index in [9.17, 15) is 4.79 Å². The average molecular weight is 272 g/mol. The van der Waals surface area contributed by atoms with Gasteiger partial charge in [0.25, 0.3) is 5.91 Å². The second-order valence-electron chi connectivity index (χ2n) is 4.78. The fraction of sp³-hybridized carbons (Fsp3) is 0.462. The van der Waals surface area contributed by atoms with Crippen LogP contribution < -0.4 is 5.32 Å². The average Bonchev–Trinajstić information content (AvgIpc) is 3.10. The predicted molar refractivity (Wildman–Crippen MR) is 70.9 cm³/mol. The van der Waals surface area contributed by atoms with E-state index in [2.05, 4.69) is 5.32 Å². The minimum absolute atomic E-state index is 0.0545. The molecular formula is C13H15Cl2NO. The van der Waals surface area contributed by atoms with Gasteiger partial charge in [-0.1, -0.05) is 11.6 Å². The highest BCUT2D eigenvalue weighted by Gasteiger charge is 2.41. The molecule has 0 aliphatic heterocycles. The summed E-state index contributed by atoms with van der Waals surface area (Å²) in [6.45, 7) is 2.55. The molecule has 1 amide bonds. The molecule has 1 N–H and O–H groups in total. The van der Waals surface area contributed by atoms with Gasteiger partial charge in [-0.15, -0.1) is 11.6 Å². The van der Waals surface area contributed by atoms with Gasteiger partial charge in [0.2, 0.25) is 0 Å². The van der Waals surface area contributed by atoms with E-state index in [0.29, 0.717) is 23.0 Å². The Kier molecular flexibility index (Phi) is 3.64. The van der Waals surface area contributed by atoms with Crippen LogP contribution in [0.15, 0.2) is 18.2 Å². The molecular weight excluding hydrogens is 257 g/mol. The molecule has 0 atom stereocenters. The van der Waals surface area contributed by atoms with Crippen LogP contribution in [0.25, 0.3) is 0 Å². The molecule has 0 unspecified atom stereocenters. The normalized spacial score (nSPS) is 16.6. The quantitative estimate of drug-likeness (QED) is 0.836. The first kappa shape index (κ1) is 12.7. The Balaban J connectivity index is 1.97. The molecule has 1 aromatic carbocycles. The third-order valence-electron chi connectivity index (χ3n) is 3.28. The number of alkyl halides is 1. The van der Waals surface area contributed by atoms with Crippen molar-refractivity contribution < 1.29 is 4.79 Å². The van der Waals surface area contributed by atoms with E-state index in [1.807, 2.05) is 6.92 Å². The van der Waals surface area contributed by atoms with Crippen molar-refractivity contribution in [3.05, 3.63) is 34.3 Å². The maximum Gasteiger partial charge on any atom is 0.251 e. The number of carbonyl (C=O) groups is 1. The third kappa shape index (κ3) is 2.93. The second kappa shape index (κ2) is 4.87. The fourth-order valence-corrected chi connectivity index (χ4v) is 2.17. The van der Waals surface area contributed by atoms with Gasteiger partial charge in [0.1, 0.15) is 0 Å². The van der Waals surface area contributed by atoms with Crippen LogP contribution in [0.3, 0.4) is 0 Å². The van der Waals surface area contributed by atoms with Gasteiger partial charge in [-0.2, -0.15) is 0 Å². The number of rotatable bonds is 4. The number of benzene rings is 1. The van der Waals surface area contributed by atoms with Crippen LogP contribution in [-0.2, 0) is 0 Å². The van der Waals surface area contributed by atoms with Gasteiger partial charge in [0.05, 0.1) is 0 Å². The van der Waals surface area contributed by atoms with Crippen molar-refractivity contribution in [1.82, 2.24) is 5.32 Å². The van der Waals surface area contributed by atoms with Crippen molar-refractivity contribution in [2.75, 3.05) is 12.4 Å². The number of halogens is 2. The Morgan fingerprint density at radius 2 is 2.18 bits per heavy atom. The highest BCUT2D eigenvalue weighted by atomic mass is 35.5. The van der Waals surface area contributed by atoms with Gasteiger partial charge in [-0.3, -0.25) is 4.79 Å². The lowest BCUT2D eigenvalue weighted by Crippen LogP contribution is -2.31. The first-order chi connectivity index (χ1) is 8.06. The molecule has 0 saturated heterocycles. The largest absolute Gasteiger partial charge is 0.351 e. The van der Waals surface area contributed by atoms with Gasteiger partial charge >= 0.3 is 0 Å². The van der Waals surface area contributed by atoms with Crippen LogP contribution in [0.1, 0.15) is 28.8 Å². The van der Waals surface area contributed by atoms with Crippen molar-refractivity contribution in [2.24, 2.45) is 5.41 Å². The molecule has 2 nitrogen and oxygen atoms in total. The topological polar surface area (TPSA) is 29.1 Å². The van der Waals surface area contributed by atoms with E-state index >= 15 is 0 Å². The molecule has 0 radical (unpaired) electrons. The summed E-state index contributed by atoms with van der Waals surface area (Å²) in [5, 5.41) is 3.61. The first-order valence-electron chi connectivity index (χ1n) is 5.67. The Bertz CT molecular complexity index is 441. The first-order valence-corrected chi connectivity index (χ1v) is 6.58. The molecule has 0 heterocycles. The lowest BCUT2D eigenvalue weighted by atomic mass is 10.1. The number of nitrogens with one attached hydrogen (secondary N) is 1. The minimum atomic E-state index is -0.0545. The van der Waals surface area contributed by atoms with E-state index in [1.165, 1.54) is 0 Å². The zero-order valence-corrected chi connectivity index (χ0v) is 11.2. The van der Waals surface area contributed by atoms with Crippen molar-refractivity contribution in [2.45, 2.75) is 19.8 Å². The molecule has 4 heteroatoms. The zero-order valence-electron chi connectivity index (χ0n) is 9.72. The number of amides is 1. The number of hydrogen-bond acceptors (Lipinski definition) is 1. The molecule has 92 valence electrons. The van der Waals surface area contributed by atoms with Crippen LogP contribution in [0.2, 0.25) is 5.02 Å². The highest BCUT2D eigenvalue weighted by Crippen LogP contribution is 2.45. The van der Waals surface area contributed by atoms with Crippen LogP contribution in [-0.4, -0.2) is 18.3 Å². The van der Waals surface area contributed by atoms with Gasteiger partial charge in [-0.25, -0.2) is 0 Å². The smallest absolute Gasteiger partial charge is 0.251 e. The molecule has 2 rings (SSSR count). The summed E-state index contributed by atoms with van der Waals surface area (Å²) >= 11 is 11.8. The van der Waals surface area contributed by atoms with Crippen LogP contribution in [0.5, 0.6) is 0 Å². The minimum Gasteiger partial charge on any atom is -0.351 e. The maximum atomic E-state index is 11.9. The summed E-state index contributed by atoms with van der Waals surface area (Å²) in [4.78, 5) is 11.9. The summed E-state index contributed by atoms with van der Waals surface area (Å²) in [6, 6.07) is 5.29. The SMILES string of the molecule is Cc1cc(C(=O)NCC2(CCl)CC2)ccc1Cl. The molecule has 1 saturated carbocycles. The van der Waals surface area contributed by atoms with Crippen molar-refractivity contribution in [3.63, 3.8) is 0 Å². The van der Waals surface area contributed by atoms with Gasteiger partial charge in [0.15, 0.2) is 0 Å². The molecule has 1 aromatic rings. The van der Waals surface area contributed by atoms with Crippen LogP contribution in [0, 0.1) is 12.3 Å². The zero-order chi connectivity index (χ0) is 12.5. The number of hydrogen-bond donors (Lipinski definition) is 1. The Morgan fingerprint density at radius 3 is 2.71 bits per heavy atom. The lowest BCUT2D eigenvalue weighted by molar-refractivity contribution is 0.0946. The van der Waals surface area contributed by atoms with Gasteiger partial charge in [0, 0.05) is 28.4 Å². The monoisotopic (exact) mass is 271 g/mol. The number of carbonyl (C=O) groups excluding carboxylic acids is 1.